The van der Waals surface area contributed by atoms with E-state index in [4.69, 9.17) is 0 Å². The lowest BCUT2D eigenvalue weighted by Crippen LogP contribution is -2.16. The zero-order valence-electron chi connectivity index (χ0n) is 10.4. The lowest BCUT2D eigenvalue weighted by Gasteiger charge is -2.18. The Morgan fingerprint density at radius 1 is 1.25 bits per heavy atom. The Morgan fingerprint density at radius 3 is 2.12 bits per heavy atom. The van der Waals surface area contributed by atoms with E-state index in [1.54, 1.807) is 12.1 Å². The van der Waals surface area contributed by atoms with Crippen LogP contribution in [-0.4, -0.2) is 17.0 Å². The van der Waals surface area contributed by atoms with E-state index in [9.17, 15) is 9.90 Å². The van der Waals surface area contributed by atoms with Gasteiger partial charge in [-0.2, -0.15) is 0 Å². The summed E-state index contributed by atoms with van der Waals surface area (Å²) >= 11 is 0. The molecule has 1 aromatic rings. The summed E-state index contributed by atoms with van der Waals surface area (Å²) in [6.07, 6.45) is 0.0596. The Balaban J connectivity index is 2.80. The molecule has 1 atom stereocenters. The van der Waals surface area contributed by atoms with Crippen molar-refractivity contribution in [2.45, 2.75) is 40.2 Å². The predicted molar refractivity (Wildman–Crippen MR) is 65.6 cm³/mol. The lowest BCUT2D eigenvalue weighted by atomic mass is 9.88. The number of hydrogen-bond donors (Lipinski definition) is 1. The van der Waals surface area contributed by atoms with E-state index in [-0.39, 0.29) is 11.2 Å². The summed E-state index contributed by atoms with van der Waals surface area (Å²) in [7, 11) is 0. The Morgan fingerprint density at radius 2 is 1.75 bits per heavy atom. The highest BCUT2D eigenvalue weighted by atomic mass is 16.3. The second-order valence-corrected chi connectivity index (χ2v) is 5.47. The molecule has 0 radical (unpaired) electrons. The Hall–Kier alpha value is -1.15. The van der Waals surface area contributed by atoms with Crippen molar-refractivity contribution in [3.05, 3.63) is 35.4 Å². The summed E-state index contributed by atoms with van der Waals surface area (Å²) in [5.41, 5.74) is 2.04. The summed E-state index contributed by atoms with van der Waals surface area (Å²) in [6.45, 7) is 8.04. The van der Waals surface area contributed by atoms with Gasteiger partial charge in [-0.3, -0.25) is 4.79 Å². The number of carbonyl (C=O) groups is 1. The summed E-state index contributed by atoms with van der Waals surface area (Å²) in [5.74, 6) is -0.220. The average molecular weight is 220 g/mol. The maximum absolute atomic E-state index is 11.5. The van der Waals surface area contributed by atoms with Gasteiger partial charge in [-0.1, -0.05) is 45.0 Å². The number of aliphatic hydroxyl groups is 1. The molecule has 0 aliphatic rings. The van der Waals surface area contributed by atoms with E-state index in [0.29, 0.717) is 5.56 Å². The number of aliphatic hydroxyl groups excluding tert-OH is 1. The van der Waals surface area contributed by atoms with Gasteiger partial charge in [0.2, 0.25) is 0 Å². The van der Waals surface area contributed by atoms with Crippen LogP contribution in [0.1, 0.15) is 43.6 Å². The van der Waals surface area contributed by atoms with Gasteiger partial charge in [-0.05, 0) is 24.3 Å². The summed E-state index contributed by atoms with van der Waals surface area (Å²) in [5, 5.41) is 9.18. The molecule has 0 saturated heterocycles. The van der Waals surface area contributed by atoms with Gasteiger partial charge in [0.25, 0.3) is 0 Å². The topological polar surface area (TPSA) is 37.3 Å². The van der Waals surface area contributed by atoms with Gasteiger partial charge in [0.1, 0.15) is 6.10 Å². The molecule has 0 spiro atoms. The van der Waals surface area contributed by atoms with Crippen LogP contribution in [0.25, 0.3) is 0 Å². The smallest absolute Gasteiger partial charge is 0.190 e. The first kappa shape index (κ1) is 12.9. The zero-order chi connectivity index (χ0) is 12.3. The second-order valence-electron chi connectivity index (χ2n) is 5.47. The highest BCUT2D eigenvalue weighted by Gasteiger charge is 2.14. The molecule has 88 valence electrons. The van der Waals surface area contributed by atoms with Crippen molar-refractivity contribution in [3.63, 3.8) is 0 Å². The minimum atomic E-state index is -0.923. The number of benzene rings is 1. The van der Waals surface area contributed by atoms with Crippen LogP contribution in [0.2, 0.25) is 0 Å². The van der Waals surface area contributed by atoms with Crippen LogP contribution in [0, 0.1) is 5.41 Å². The van der Waals surface area contributed by atoms with E-state index in [0.717, 1.165) is 6.42 Å². The monoisotopic (exact) mass is 220 g/mol. The van der Waals surface area contributed by atoms with Gasteiger partial charge in [-0.15, -0.1) is 0 Å². The first-order chi connectivity index (χ1) is 7.29. The van der Waals surface area contributed by atoms with E-state index < -0.39 is 6.10 Å². The normalized spacial score (nSPS) is 13.6. The molecule has 2 nitrogen and oxygen atoms in total. The third-order valence-electron chi connectivity index (χ3n) is 2.35. The van der Waals surface area contributed by atoms with E-state index in [2.05, 4.69) is 20.8 Å². The molecule has 1 rings (SSSR count). The van der Waals surface area contributed by atoms with Gasteiger partial charge >= 0.3 is 0 Å². The van der Waals surface area contributed by atoms with Crippen molar-refractivity contribution in [1.29, 1.82) is 0 Å². The molecular formula is C14H20O2. The highest BCUT2D eigenvalue weighted by molar-refractivity contribution is 5.99. The maximum atomic E-state index is 11.5. The third kappa shape index (κ3) is 3.78. The molecule has 2 heteroatoms. The molecule has 0 aromatic heterocycles. The molecule has 16 heavy (non-hydrogen) atoms. The molecule has 0 fully saturated rings. The maximum Gasteiger partial charge on any atom is 0.190 e. The van der Waals surface area contributed by atoms with Crippen molar-refractivity contribution >= 4 is 5.78 Å². The molecule has 1 aromatic carbocycles. The first-order valence-corrected chi connectivity index (χ1v) is 5.61. The Labute approximate surface area is 97.3 Å². The van der Waals surface area contributed by atoms with Crippen LogP contribution in [0.3, 0.4) is 0 Å². The van der Waals surface area contributed by atoms with E-state index in [1.165, 1.54) is 12.5 Å². The molecule has 1 N–H and O–H groups in total. The van der Waals surface area contributed by atoms with Crippen LogP contribution < -0.4 is 0 Å². The van der Waals surface area contributed by atoms with Crippen LogP contribution in [0.4, 0.5) is 0 Å². The Kier molecular flexibility index (Phi) is 3.87. The van der Waals surface area contributed by atoms with Gasteiger partial charge in [0, 0.05) is 5.56 Å². The summed E-state index contributed by atoms with van der Waals surface area (Å²) in [6, 6.07) is 7.49. The number of rotatable bonds is 3. The third-order valence-corrected chi connectivity index (χ3v) is 2.35. The van der Waals surface area contributed by atoms with Crippen molar-refractivity contribution in [1.82, 2.24) is 0 Å². The summed E-state index contributed by atoms with van der Waals surface area (Å²) < 4.78 is 0. The number of carbonyl (C=O) groups excluding carboxylic acids is 1. The molecule has 0 heterocycles. The molecule has 0 saturated carbocycles. The fourth-order valence-electron chi connectivity index (χ4n) is 1.64. The van der Waals surface area contributed by atoms with Crippen LogP contribution in [0.15, 0.2) is 24.3 Å². The number of hydrogen-bond acceptors (Lipinski definition) is 2. The molecule has 0 amide bonds. The highest BCUT2D eigenvalue weighted by Crippen LogP contribution is 2.20. The second kappa shape index (κ2) is 4.79. The molecule has 0 aliphatic carbocycles. The van der Waals surface area contributed by atoms with Gasteiger partial charge in [0.15, 0.2) is 5.78 Å². The summed E-state index contributed by atoms with van der Waals surface area (Å²) in [4.78, 5) is 11.5. The standard InChI is InChI=1S/C14H20O2/c1-10(15)13(16)12-7-5-11(6-8-12)9-14(2,3)4/h5-8,10,15H,9H2,1-4H3. The van der Waals surface area contributed by atoms with Gasteiger partial charge in [0.05, 0.1) is 0 Å². The molecular weight excluding hydrogens is 200 g/mol. The SMILES string of the molecule is CC(O)C(=O)c1ccc(CC(C)(C)C)cc1. The minimum absolute atomic E-state index is 0.220. The van der Waals surface area contributed by atoms with Gasteiger partial charge in [-0.25, -0.2) is 0 Å². The van der Waals surface area contributed by atoms with Gasteiger partial charge < -0.3 is 5.11 Å². The molecule has 1 unspecified atom stereocenters. The van der Waals surface area contributed by atoms with Crippen LogP contribution in [-0.2, 0) is 6.42 Å². The first-order valence-electron chi connectivity index (χ1n) is 5.61. The van der Waals surface area contributed by atoms with E-state index >= 15 is 0 Å². The largest absolute Gasteiger partial charge is 0.385 e. The van der Waals surface area contributed by atoms with Crippen molar-refractivity contribution < 1.29 is 9.90 Å². The predicted octanol–water partition coefficient (Wildman–Crippen LogP) is 2.84. The van der Waals surface area contributed by atoms with Crippen molar-refractivity contribution in [2.75, 3.05) is 0 Å². The van der Waals surface area contributed by atoms with Crippen LogP contribution >= 0.6 is 0 Å². The number of ketones is 1. The Bertz CT molecular complexity index is 355. The molecule has 0 bridgehead atoms. The lowest BCUT2D eigenvalue weighted by molar-refractivity contribution is 0.0779. The number of Topliss-reactive ketones (excluding diaryl/α,β-unsaturated/α-hetero) is 1. The van der Waals surface area contributed by atoms with E-state index in [1.807, 2.05) is 12.1 Å². The molecule has 0 aliphatic heterocycles. The van der Waals surface area contributed by atoms with Crippen LogP contribution in [0.5, 0.6) is 0 Å². The average Bonchev–Trinajstić information content (AvgIpc) is 2.15. The fraction of sp³-hybridized carbons (Fsp3) is 0.500. The van der Waals surface area contributed by atoms with Crippen molar-refractivity contribution in [3.8, 4) is 0 Å². The van der Waals surface area contributed by atoms with Crippen molar-refractivity contribution in [2.24, 2.45) is 5.41 Å². The fourth-order valence-corrected chi connectivity index (χ4v) is 1.64. The quantitative estimate of drug-likeness (QED) is 0.795. The zero-order valence-corrected chi connectivity index (χ0v) is 10.4. The minimum Gasteiger partial charge on any atom is -0.385 e.